The minimum Gasteiger partial charge on any atom is -0.358 e. The number of hydrogen-bond donors (Lipinski definition) is 2. The van der Waals surface area contributed by atoms with E-state index in [9.17, 15) is 4.79 Å². The number of nitrogens with one attached hydrogen (secondary N) is 2. The van der Waals surface area contributed by atoms with E-state index in [1.54, 1.807) is 11.3 Å². The molecule has 0 aliphatic heterocycles. The van der Waals surface area contributed by atoms with Crippen LogP contribution in [-0.4, -0.2) is 20.8 Å². The lowest BCUT2D eigenvalue weighted by Gasteiger charge is -2.24. The highest BCUT2D eigenvalue weighted by Crippen LogP contribution is 2.44. The van der Waals surface area contributed by atoms with Crippen molar-refractivity contribution in [2.75, 3.05) is 5.43 Å². The lowest BCUT2D eigenvalue weighted by atomic mass is 9.96. The van der Waals surface area contributed by atoms with Crippen molar-refractivity contribution in [1.29, 1.82) is 0 Å². The quantitative estimate of drug-likeness (QED) is 0.835. The van der Waals surface area contributed by atoms with E-state index in [2.05, 4.69) is 22.7 Å². The first-order valence-electron chi connectivity index (χ1n) is 8.21. The van der Waals surface area contributed by atoms with Crippen LogP contribution in [0.2, 0.25) is 0 Å². The second-order valence-electron chi connectivity index (χ2n) is 6.57. The van der Waals surface area contributed by atoms with Crippen LogP contribution in [0.15, 0.2) is 17.2 Å². The van der Waals surface area contributed by atoms with E-state index in [0.717, 1.165) is 23.1 Å². The predicted molar refractivity (Wildman–Crippen MR) is 97.6 cm³/mol. The van der Waals surface area contributed by atoms with Crippen molar-refractivity contribution in [2.45, 2.75) is 45.1 Å². The smallest absolute Gasteiger partial charge is 0.280 e. The first-order valence-corrected chi connectivity index (χ1v) is 9.44. The summed E-state index contributed by atoms with van der Waals surface area (Å²) in [6.07, 6.45) is 7.62. The maximum atomic E-state index is 12.5. The van der Waals surface area contributed by atoms with Gasteiger partial charge in [0.1, 0.15) is 11.2 Å². The molecule has 2 fully saturated rings. The number of aromatic nitrogens is 2. The summed E-state index contributed by atoms with van der Waals surface area (Å²) in [6.45, 7) is 2.08. The summed E-state index contributed by atoms with van der Waals surface area (Å²) in [4.78, 5) is 18.9. The third-order valence-corrected chi connectivity index (χ3v) is 6.52. The van der Waals surface area contributed by atoms with Gasteiger partial charge in [0.05, 0.1) is 5.39 Å². The average Bonchev–Trinajstić information content (AvgIpc) is 3.24. The SMILES string of the molecule is CCc1cc2c(=O)n(NC(=S)N[C@@H]3C[C@H]4CC[C@@H]3C4)cnc2s1. The Morgan fingerprint density at radius 1 is 1.48 bits per heavy atom. The number of hydrogen-bond acceptors (Lipinski definition) is 4. The van der Waals surface area contributed by atoms with Crippen LogP contribution in [0, 0.1) is 11.8 Å². The van der Waals surface area contributed by atoms with Gasteiger partial charge in [-0.25, -0.2) is 9.66 Å². The van der Waals surface area contributed by atoms with Gasteiger partial charge in [-0.2, -0.15) is 0 Å². The molecule has 3 atom stereocenters. The zero-order valence-electron chi connectivity index (χ0n) is 13.0. The summed E-state index contributed by atoms with van der Waals surface area (Å²) in [6, 6.07) is 2.38. The molecule has 2 N–H and O–H groups in total. The van der Waals surface area contributed by atoms with E-state index in [4.69, 9.17) is 12.2 Å². The second-order valence-corrected chi connectivity index (χ2v) is 8.09. The molecule has 0 unspecified atom stereocenters. The molecule has 122 valence electrons. The molecule has 2 bridgehead atoms. The van der Waals surface area contributed by atoms with Gasteiger partial charge in [-0.05, 0) is 55.8 Å². The first kappa shape index (κ1) is 15.1. The van der Waals surface area contributed by atoms with Gasteiger partial charge in [0.15, 0.2) is 5.11 Å². The van der Waals surface area contributed by atoms with Crippen LogP contribution in [0.3, 0.4) is 0 Å². The Labute approximate surface area is 144 Å². The lowest BCUT2D eigenvalue weighted by molar-refractivity contribution is 0.391. The molecule has 0 radical (unpaired) electrons. The van der Waals surface area contributed by atoms with Gasteiger partial charge in [-0.3, -0.25) is 10.2 Å². The van der Waals surface area contributed by atoms with Crippen molar-refractivity contribution >= 4 is 38.9 Å². The minimum atomic E-state index is -0.0944. The molecular formula is C16H20N4OS2. The van der Waals surface area contributed by atoms with Crippen LogP contribution in [0.5, 0.6) is 0 Å². The van der Waals surface area contributed by atoms with Gasteiger partial charge < -0.3 is 5.32 Å². The molecule has 5 nitrogen and oxygen atoms in total. The van der Waals surface area contributed by atoms with E-state index >= 15 is 0 Å². The number of fused-ring (bicyclic) bond motifs is 3. The fourth-order valence-electron chi connectivity index (χ4n) is 3.96. The molecular weight excluding hydrogens is 328 g/mol. The van der Waals surface area contributed by atoms with Crippen molar-refractivity contribution in [3.63, 3.8) is 0 Å². The van der Waals surface area contributed by atoms with Crippen LogP contribution >= 0.6 is 23.6 Å². The van der Waals surface area contributed by atoms with E-state index < -0.39 is 0 Å². The number of thiophene rings is 1. The fraction of sp³-hybridized carbons (Fsp3) is 0.562. The molecule has 0 spiro atoms. The third-order valence-electron chi connectivity index (χ3n) is 5.13. The van der Waals surface area contributed by atoms with Crippen LogP contribution in [0.4, 0.5) is 0 Å². The molecule has 2 aromatic rings. The molecule has 2 aliphatic rings. The lowest BCUT2D eigenvalue weighted by Crippen LogP contribution is -2.45. The normalized spacial score (nSPS) is 25.9. The fourth-order valence-corrected chi connectivity index (χ4v) is 5.13. The highest BCUT2D eigenvalue weighted by molar-refractivity contribution is 7.80. The van der Waals surface area contributed by atoms with Gasteiger partial charge >= 0.3 is 0 Å². The minimum absolute atomic E-state index is 0.0944. The van der Waals surface area contributed by atoms with Crippen LogP contribution < -0.4 is 16.3 Å². The maximum Gasteiger partial charge on any atom is 0.280 e. The summed E-state index contributed by atoms with van der Waals surface area (Å²) in [7, 11) is 0. The standard InChI is InChI=1S/C16H20N4OS2/c1-2-11-7-12-14(23-11)17-8-20(15(12)21)19-16(22)18-13-6-9-3-4-10(13)5-9/h7-10,13H,2-6H2,1H3,(H2,18,19,22)/t9-,10+,13+/m0/s1. The van der Waals surface area contributed by atoms with E-state index in [1.807, 2.05) is 6.07 Å². The summed E-state index contributed by atoms with van der Waals surface area (Å²) in [5.41, 5.74) is 2.89. The van der Waals surface area contributed by atoms with Gasteiger partial charge in [0.25, 0.3) is 5.56 Å². The highest BCUT2D eigenvalue weighted by Gasteiger charge is 2.39. The largest absolute Gasteiger partial charge is 0.358 e. The molecule has 7 heteroatoms. The van der Waals surface area contributed by atoms with Gasteiger partial charge in [-0.1, -0.05) is 13.3 Å². The Kier molecular flexibility index (Phi) is 3.85. The predicted octanol–water partition coefficient (Wildman–Crippen LogP) is 2.63. The van der Waals surface area contributed by atoms with E-state index in [1.165, 1.54) is 41.6 Å². The summed E-state index contributed by atoms with van der Waals surface area (Å²) >= 11 is 6.96. The summed E-state index contributed by atoms with van der Waals surface area (Å²) in [5.74, 6) is 1.60. The van der Waals surface area contributed by atoms with Crippen molar-refractivity contribution in [2.24, 2.45) is 11.8 Å². The number of thiocarbonyl (C=S) groups is 1. The Morgan fingerprint density at radius 2 is 2.35 bits per heavy atom. The Bertz CT molecular complexity index is 812. The number of nitrogens with zero attached hydrogens (tertiary/aromatic N) is 2. The van der Waals surface area contributed by atoms with Gasteiger partial charge in [0, 0.05) is 10.9 Å². The van der Waals surface area contributed by atoms with Gasteiger partial charge in [-0.15, -0.1) is 11.3 Å². The molecule has 2 aliphatic carbocycles. The molecule has 2 saturated carbocycles. The van der Waals surface area contributed by atoms with Crippen LogP contribution in [-0.2, 0) is 6.42 Å². The third kappa shape index (κ3) is 2.76. The van der Waals surface area contributed by atoms with Crippen LogP contribution in [0.1, 0.15) is 37.5 Å². The molecule has 2 aromatic heterocycles. The Hall–Kier alpha value is -1.47. The Morgan fingerprint density at radius 3 is 3.04 bits per heavy atom. The first-order chi connectivity index (χ1) is 11.1. The topological polar surface area (TPSA) is 59.0 Å². The molecule has 2 heterocycles. The van der Waals surface area contributed by atoms with Crippen molar-refractivity contribution in [3.05, 3.63) is 27.6 Å². The van der Waals surface area contributed by atoms with E-state index in [-0.39, 0.29) is 5.56 Å². The second kappa shape index (κ2) is 5.87. The Balaban J connectivity index is 1.49. The molecule has 0 aromatic carbocycles. The van der Waals surface area contributed by atoms with Crippen LogP contribution in [0.25, 0.3) is 10.2 Å². The van der Waals surface area contributed by atoms with Crippen molar-refractivity contribution in [3.8, 4) is 0 Å². The van der Waals surface area contributed by atoms with Gasteiger partial charge in [0.2, 0.25) is 0 Å². The summed E-state index contributed by atoms with van der Waals surface area (Å²) in [5, 5.41) is 4.55. The zero-order valence-corrected chi connectivity index (χ0v) is 14.7. The van der Waals surface area contributed by atoms with Crippen molar-refractivity contribution in [1.82, 2.24) is 15.0 Å². The molecule has 4 rings (SSSR count). The number of rotatable bonds is 3. The zero-order chi connectivity index (χ0) is 16.0. The van der Waals surface area contributed by atoms with Crippen molar-refractivity contribution < 1.29 is 0 Å². The number of aryl methyl sites for hydroxylation is 1. The van der Waals surface area contributed by atoms with E-state index in [0.29, 0.717) is 16.5 Å². The molecule has 0 amide bonds. The average molecular weight is 348 g/mol. The highest BCUT2D eigenvalue weighted by atomic mass is 32.1. The monoisotopic (exact) mass is 348 g/mol. The maximum absolute atomic E-state index is 12.5. The molecule has 0 saturated heterocycles. The molecule has 23 heavy (non-hydrogen) atoms. The summed E-state index contributed by atoms with van der Waals surface area (Å²) < 4.78 is 1.39.